The molecule has 0 spiro atoms. The highest BCUT2D eigenvalue weighted by atomic mass is 35.5. The number of hydrogen-bond donors (Lipinski definition) is 0. The fraction of sp³-hybridized carbons (Fsp3) is 0.500. The quantitative estimate of drug-likeness (QED) is 0.448. The van der Waals surface area contributed by atoms with Gasteiger partial charge in [0, 0.05) is 18.4 Å². The standard InChI is InChI=1S/C7H6Cl2.C7H11N.3C2H6/c1-5-3-2-4-6(8)7(5)9;1-6-4-5-7(2)8(6)3;3*1-2/h2-4H,1H3;4-5H,1-3H3;3*1-2H3. The third-order valence-corrected chi connectivity index (χ3v) is 3.68. The molecule has 23 heavy (non-hydrogen) atoms. The molecule has 0 amide bonds. The van der Waals surface area contributed by atoms with E-state index in [1.165, 1.54) is 11.4 Å². The molecule has 1 aromatic carbocycles. The molecular formula is C20H35Cl2N. The minimum absolute atomic E-state index is 0.622. The summed E-state index contributed by atoms with van der Waals surface area (Å²) < 4.78 is 2.17. The molecule has 1 aromatic heterocycles. The Bertz CT molecular complexity index is 463. The van der Waals surface area contributed by atoms with Crippen LogP contribution in [0.25, 0.3) is 0 Å². The summed E-state index contributed by atoms with van der Waals surface area (Å²) in [5.41, 5.74) is 3.66. The number of nitrogens with zero attached hydrogens (tertiary/aromatic N) is 1. The van der Waals surface area contributed by atoms with Crippen LogP contribution in [0.4, 0.5) is 0 Å². The Morgan fingerprint density at radius 1 is 0.696 bits per heavy atom. The second-order valence-electron chi connectivity index (χ2n) is 4.05. The van der Waals surface area contributed by atoms with Crippen molar-refractivity contribution in [1.29, 1.82) is 0 Å². The van der Waals surface area contributed by atoms with Crippen LogP contribution in [0.2, 0.25) is 10.0 Å². The first-order valence-corrected chi connectivity index (χ1v) is 9.18. The second-order valence-corrected chi connectivity index (χ2v) is 4.83. The van der Waals surface area contributed by atoms with E-state index in [1.807, 2.05) is 60.6 Å². The highest BCUT2D eigenvalue weighted by molar-refractivity contribution is 6.42. The lowest BCUT2D eigenvalue weighted by molar-refractivity contribution is 0.844. The van der Waals surface area contributed by atoms with Gasteiger partial charge in [-0.15, -0.1) is 0 Å². The molecule has 3 heteroatoms. The fourth-order valence-corrected chi connectivity index (χ4v) is 1.70. The van der Waals surface area contributed by atoms with Crippen molar-refractivity contribution in [2.24, 2.45) is 7.05 Å². The number of benzene rings is 1. The zero-order valence-corrected chi connectivity index (χ0v) is 18.1. The molecule has 0 aliphatic rings. The molecule has 0 aliphatic heterocycles. The summed E-state index contributed by atoms with van der Waals surface area (Å²) in [5, 5.41) is 1.27. The van der Waals surface area contributed by atoms with Gasteiger partial charge >= 0.3 is 0 Å². The number of rotatable bonds is 0. The van der Waals surface area contributed by atoms with Gasteiger partial charge in [-0.05, 0) is 44.5 Å². The van der Waals surface area contributed by atoms with Gasteiger partial charge in [0.1, 0.15) is 0 Å². The lowest BCUT2D eigenvalue weighted by Crippen LogP contribution is -1.91. The molecule has 0 radical (unpaired) electrons. The molecule has 1 heterocycles. The normalized spacial score (nSPS) is 8.00. The average molecular weight is 360 g/mol. The summed E-state index contributed by atoms with van der Waals surface area (Å²) in [5.74, 6) is 0. The van der Waals surface area contributed by atoms with Gasteiger partial charge in [0.05, 0.1) is 10.0 Å². The first kappa shape index (κ1) is 27.0. The minimum Gasteiger partial charge on any atom is -0.352 e. The molecule has 0 unspecified atom stereocenters. The van der Waals surface area contributed by atoms with E-state index < -0.39 is 0 Å². The van der Waals surface area contributed by atoms with Gasteiger partial charge in [-0.2, -0.15) is 0 Å². The number of aromatic nitrogens is 1. The Morgan fingerprint density at radius 2 is 1.09 bits per heavy atom. The molecule has 0 N–H and O–H groups in total. The Labute approximate surface area is 154 Å². The molecule has 134 valence electrons. The topological polar surface area (TPSA) is 4.93 Å². The Morgan fingerprint density at radius 3 is 1.30 bits per heavy atom. The molecule has 0 aliphatic carbocycles. The summed E-state index contributed by atoms with van der Waals surface area (Å²) in [7, 11) is 2.07. The van der Waals surface area contributed by atoms with Crippen molar-refractivity contribution in [2.75, 3.05) is 0 Å². The van der Waals surface area contributed by atoms with E-state index in [0.29, 0.717) is 10.0 Å². The molecular weight excluding hydrogens is 325 g/mol. The Hall–Kier alpha value is -0.920. The van der Waals surface area contributed by atoms with Gasteiger partial charge in [-0.1, -0.05) is 76.9 Å². The van der Waals surface area contributed by atoms with Crippen molar-refractivity contribution < 1.29 is 0 Å². The van der Waals surface area contributed by atoms with Crippen LogP contribution in [0, 0.1) is 20.8 Å². The SMILES string of the molecule is CC.CC.CC.Cc1ccc(C)n1C.Cc1cccc(Cl)c1Cl. The van der Waals surface area contributed by atoms with E-state index in [9.17, 15) is 0 Å². The van der Waals surface area contributed by atoms with Crippen molar-refractivity contribution in [3.8, 4) is 0 Å². The number of aryl methyl sites for hydroxylation is 3. The third kappa shape index (κ3) is 11.3. The first-order valence-electron chi connectivity index (χ1n) is 8.43. The van der Waals surface area contributed by atoms with Crippen LogP contribution in [0.5, 0.6) is 0 Å². The van der Waals surface area contributed by atoms with Crippen molar-refractivity contribution in [3.63, 3.8) is 0 Å². The molecule has 0 fully saturated rings. The van der Waals surface area contributed by atoms with Crippen LogP contribution < -0.4 is 0 Å². The smallest absolute Gasteiger partial charge is 0.0621 e. The fourth-order valence-electron chi connectivity index (χ4n) is 1.35. The van der Waals surface area contributed by atoms with E-state index in [4.69, 9.17) is 23.2 Å². The van der Waals surface area contributed by atoms with E-state index in [1.54, 1.807) is 6.07 Å². The summed E-state index contributed by atoms with van der Waals surface area (Å²) >= 11 is 11.4. The van der Waals surface area contributed by atoms with E-state index in [-0.39, 0.29) is 0 Å². The molecule has 2 rings (SSSR count). The van der Waals surface area contributed by atoms with Crippen molar-refractivity contribution in [3.05, 3.63) is 57.3 Å². The van der Waals surface area contributed by atoms with Gasteiger partial charge in [-0.3, -0.25) is 0 Å². The summed E-state index contributed by atoms with van der Waals surface area (Å²) in [6.45, 7) is 18.1. The van der Waals surface area contributed by atoms with Crippen LogP contribution in [-0.4, -0.2) is 4.57 Å². The van der Waals surface area contributed by atoms with Gasteiger partial charge in [0.15, 0.2) is 0 Å². The predicted molar refractivity (Wildman–Crippen MR) is 110 cm³/mol. The van der Waals surface area contributed by atoms with Crippen molar-refractivity contribution in [1.82, 2.24) is 4.57 Å². The maximum atomic E-state index is 5.75. The molecule has 0 atom stereocenters. The van der Waals surface area contributed by atoms with Gasteiger partial charge in [0.2, 0.25) is 0 Å². The number of halogens is 2. The lowest BCUT2D eigenvalue weighted by Gasteiger charge is -1.96. The minimum atomic E-state index is 0.622. The first-order chi connectivity index (χ1) is 10.9. The van der Waals surface area contributed by atoms with E-state index in [2.05, 4.69) is 37.6 Å². The third-order valence-electron chi connectivity index (χ3n) is 2.77. The lowest BCUT2D eigenvalue weighted by atomic mass is 10.2. The predicted octanol–water partition coefficient (Wildman–Crippen LogP) is 8.02. The Kier molecular flexibility index (Phi) is 20.4. The van der Waals surface area contributed by atoms with Crippen LogP contribution >= 0.6 is 23.2 Å². The summed E-state index contributed by atoms with van der Waals surface area (Å²) in [4.78, 5) is 0. The largest absolute Gasteiger partial charge is 0.352 e. The zero-order chi connectivity index (χ0) is 19.0. The molecule has 0 saturated heterocycles. The Balaban J connectivity index is -0.000000264. The van der Waals surface area contributed by atoms with Crippen LogP contribution in [-0.2, 0) is 7.05 Å². The molecule has 1 nitrogen and oxygen atoms in total. The highest BCUT2D eigenvalue weighted by Gasteiger charge is 1.96. The van der Waals surface area contributed by atoms with E-state index >= 15 is 0 Å². The molecule has 2 aromatic rings. The number of hydrogen-bond acceptors (Lipinski definition) is 0. The summed E-state index contributed by atoms with van der Waals surface area (Å²) in [6.07, 6.45) is 0. The maximum Gasteiger partial charge on any atom is 0.0621 e. The second kappa shape index (κ2) is 17.4. The summed E-state index contributed by atoms with van der Waals surface area (Å²) in [6, 6.07) is 9.82. The van der Waals surface area contributed by atoms with Gasteiger partial charge in [0.25, 0.3) is 0 Å². The van der Waals surface area contributed by atoms with E-state index in [0.717, 1.165) is 5.56 Å². The molecule has 0 bridgehead atoms. The average Bonchev–Trinajstić information content (AvgIpc) is 2.90. The zero-order valence-electron chi connectivity index (χ0n) is 16.6. The van der Waals surface area contributed by atoms with Gasteiger partial charge in [-0.25, -0.2) is 0 Å². The van der Waals surface area contributed by atoms with Crippen LogP contribution in [0.15, 0.2) is 30.3 Å². The van der Waals surface area contributed by atoms with Crippen molar-refractivity contribution in [2.45, 2.75) is 62.3 Å². The molecule has 0 saturated carbocycles. The monoisotopic (exact) mass is 359 g/mol. The van der Waals surface area contributed by atoms with Crippen LogP contribution in [0.3, 0.4) is 0 Å². The van der Waals surface area contributed by atoms with Crippen LogP contribution in [0.1, 0.15) is 58.5 Å². The highest BCUT2D eigenvalue weighted by Crippen LogP contribution is 2.24. The van der Waals surface area contributed by atoms with Gasteiger partial charge < -0.3 is 4.57 Å². The maximum absolute atomic E-state index is 5.75. The van der Waals surface area contributed by atoms with Crippen molar-refractivity contribution >= 4 is 23.2 Å².